The van der Waals surface area contributed by atoms with E-state index in [2.05, 4.69) is 9.97 Å². The SMILES string of the molecule is O=C(c1scc2c1OCCO2)N1CCC[C@H](c2ccncn2)C1. The standard InChI is InChI=1S/C16H17N3O3S/c20-16(15-14-13(9-23-15)21-6-7-22-14)19-5-1-2-11(8-19)12-3-4-17-10-18-12/h3-4,9-11H,1-2,5-8H2/t11-/m0/s1. The maximum atomic E-state index is 12.9. The number of hydrogen-bond acceptors (Lipinski definition) is 6. The Kier molecular flexibility index (Phi) is 3.87. The number of amides is 1. The fourth-order valence-corrected chi connectivity index (χ4v) is 4.00. The molecule has 2 aromatic heterocycles. The van der Waals surface area contributed by atoms with Gasteiger partial charge in [0.2, 0.25) is 0 Å². The van der Waals surface area contributed by atoms with Crippen molar-refractivity contribution in [2.75, 3.05) is 26.3 Å². The number of nitrogens with zero attached hydrogens (tertiary/aromatic N) is 3. The zero-order valence-electron chi connectivity index (χ0n) is 12.6. The zero-order chi connectivity index (χ0) is 15.6. The summed E-state index contributed by atoms with van der Waals surface area (Å²) < 4.78 is 11.2. The van der Waals surface area contributed by atoms with Crippen molar-refractivity contribution in [2.24, 2.45) is 0 Å². The summed E-state index contributed by atoms with van der Waals surface area (Å²) in [7, 11) is 0. The molecule has 7 heteroatoms. The summed E-state index contributed by atoms with van der Waals surface area (Å²) in [5, 5.41) is 1.85. The Bertz CT molecular complexity index is 704. The summed E-state index contributed by atoms with van der Waals surface area (Å²) in [5.41, 5.74) is 1.00. The van der Waals surface area contributed by atoms with Crippen molar-refractivity contribution in [3.8, 4) is 11.5 Å². The molecule has 120 valence electrons. The average Bonchev–Trinajstić information content (AvgIpc) is 3.06. The number of ether oxygens (including phenoxy) is 2. The van der Waals surface area contributed by atoms with Crippen molar-refractivity contribution in [3.63, 3.8) is 0 Å². The second kappa shape index (κ2) is 6.16. The fraction of sp³-hybridized carbons (Fsp3) is 0.438. The van der Waals surface area contributed by atoms with E-state index >= 15 is 0 Å². The van der Waals surface area contributed by atoms with Gasteiger partial charge in [0.15, 0.2) is 11.5 Å². The van der Waals surface area contributed by atoms with Crippen molar-refractivity contribution in [2.45, 2.75) is 18.8 Å². The number of hydrogen-bond donors (Lipinski definition) is 0. The van der Waals surface area contributed by atoms with Gasteiger partial charge in [0.05, 0.1) is 0 Å². The van der Waals surface area contributed by atoms with E-state index in [4.69, 9.17) is 9.47 Å². The Hall–Kier alpha value is -2.15. The Morgan fingerprint density at radius 2 is 2.26 bits per heavy atom. The fourth-order valence-electron chi connectivity index (χ4n) is 3.10. The number of aromatic nitrogens is 2. The number of likely N-dealkylation sites (tertiary alicyclic amines) is 1. The van der Waals surface area contributed by atoms with E-state index in [1.807, 2.05) is 16.3 Å². The Morgan fingerprint density at radius 1 is 1.35 bits per heavy atom. The van der Waals surface area contributed by atoms with Crippen molar-refractivity contribution < 1.29 is 14.3 Å². The summed E-state index contributed by atoms with van der Waals surface area (Å²) >= 11 is 1.40. The minimum Gasteiger partial charge on any atom is -0.485 e. The molecule has 1 amide bonds. The molecule has 1 atom stereocenters. The summed E-state index contributed by atoms with van der Waals surface area (Å²) in [6.07, 6.45) is 5.34. The van der Waals surface area contributed by atoms with Crippen molar-refractivity contribution in [3.05, 3.63) is 34.5 Å². The molecular weight excluding hydrogens is 314 g/mol. The molecule has 0 radical (unpaired) electrons. The van der Waals surface area contributed by atoms with Gasteiger partial charge in [-0.3, -0.25) is 4.79 Å². The van der Waals surface area contributed by atoms with E-state index in [1.54, 1.807) is 12.5 Å². The van der Waals surface area contributed by atoms with Crippen LogP contribution in [0.2, 0.25) is 0 Å². The summed E-state index contributed by atoms with van der Waals surface area (Å²) in [4.78, 5) is 23.7. The third-order valence-corrected chi connectivity index (χ3v) is 5.15. The smallest absolute Gasteiger partial charge is 0.267 e. The number of carbonyl (C=O) groups is 1. The second-order valence-corrected chi connectivity index (χ2v) is 6.56. The molecule has 0 N–H and O–H groups in total. The van der Waals surface area contributed by atoms with Crippen LogP contribution in [-0.4, -0.2) is 47.1 Å². The topological polar surface area (TPSA) is 64.6 Å². The highest BCUT2D eigenvalue weighted by molar-refractivity contribution is 7.12. The van der Waals surface area contributed by atoms with Crippen LogP contribution < -0.4 is 9.47 Å². The normalized spacial score (nSPS) is 20.3. The molecule has 23 heavy (non-hydrogen) atoms. The van der Waals surface area contributed by atoms with Crippen molar-refractivity contribution in [1.82, 2.24) is 14.9 Å². The Labute approximate surface area is 138 Å². The Morgan fingerprint density at radius 3 is 3.13 bits per heavy atom. The first kappa shape index (κ1) is 14.4. The number of fused-ring (bicyclic) bond motifs is 1. The van der Waals surface area contributed by atoms with Gasteiger partial charge in [-0.25, -0.2) is 9.97 Å². The van der Waals surface area contributed by atoms with Crippen LogP contribution >= 0.6 is 11.3 Å². The van der Waals surface area contributed by atoms with Crippen LogP contribution in [0, 0.1) is 0 Å². The third kappa shape index (κ3) is 2.76. The lowest BCUT2D eigenvalue weighted by Crippen LogP contribution is -2.39. The van der Waals surface area contributed by atoms with Crippen LogP contribution in [-0.2, 0) is 0 Å². The van der Waals surface area contributed by atoms with E-state index in [9.17, 15) is 4.79 Å². The number of piperidine rings is 1. The molecule has 2 aromatic rings. The number of rotatable bonds is 2. The van der Waals surface area contributed by atoms with Crippen LogP contribution in [0.3, 0.4) is 0 Å². The molecule has 0 spiro atoms. The zero-order valence-corrected chi connectivity index (χ0v) is 13.4. The molecule has 4 heterocycles. The maximum Gasteiger partial charge on any atom is 0.267 e. The molecule has 0 aromatic carbocycles. The quantitative estimate of drug-likeness (QED) is 0.845. The van der Waals surface area contributed by atoms with Gasteiger partial charge in [-0.05, 0) is 18.9 Å². The van der Waals surface area contributed by atoms with Gasteiger partial charge < -0.3 is 14.4 Å². The van der Waals surface area contributed by atoms with Crippen LogP contribution in [0.4, 0.5) is 0 Å². The van der Waals surface area contributed by atoms with E-state index in [-0.39, 0.29) is 11.8 Å². The van der Waals surface area contributed by atoms with E-state index < -0.39 is 0 Å². The largest absolute Gasteiger partial charge is 0.485 e. The molecule has 4 rings (SSSR count). The average molecular weight is 331 g/mol. The molecule has 2 aliphatic heterocycles. The molecule has 0 saturated carbocycles. The molecule has 6 nitrogen and oxygen atoms in total. The number of carbonyl (C=O) groups excluding carboxylic acids is 1. The maximum absolute atomic E-state index is 12.9. The molecule has 0 bridgehead atoms. The molecule has 0 aliphatic carbocycles. The van der Waals surface area contributed by atoms with Crippen LogP contribution in [0.5, 0.6) is 11.5 Å². The van der Waals surface area contributed by atoms with E-state index in [1.165, 1.54) is 11.3 Å². The van der Waals surface area contributed by atoms with Crippen molar-refractivity contribution in [1.29, 1.82) is 0 Å². The van der Waals surface area contributed by atoms with Gasteiger partial charge >= 0.3 is 0 Å². The summed E-state index contributed by atoms with van der Waals surface area (Å²) in [5.74, 6) is 1.59. The van der Waals surface area contributed by atoms with Crippen LogP contribution in [0.15, 0.2) is 24.0 Å². The predicted molar refractivity (Wildman–Crippen MR) is 85.2 cm³/mol. The second-order valence-electron chi connectivity index (χ2n) is 5.68. The molecule has 2 aliphatic rings. The first-order valence-electron chi connectivity index (χ1n) is 7.75. The highest BCUT2D eigenvalue weighted by Gasteiger charge is 2.31. The summed E-state index contributed by atoms with van der Waals surface area (Å²) in [6.45, 7) is 2.49. The monoisotopic (exact) mass is 331 g/mol. The third-order valence-electron chi connectivity index (χ3n) is 4.23. The summed E-state index contributed by atoms with van der Waals surface area (Å²) in [6, 6.07) is 1.93. The molecule has 1 saturated heterocycles. The highest BCUT2D eigenvalue weighted by atomic mass is 32.1. The predicted octanol–water partition coefficient (Wildman–Crippen LogP) is 2.33. The minimum absolute atomic E-state index is 0.0282. The molecule has 0 unspecified atom stereocenters. The Balaban J connectivity index is 1.53. The lowest BCUT2D eigenvalue weighted by atomic mass is 9.94. The minimum atomic E-state index is 0.0282. The molecule has 1 fully saturated rings. The highest BCUT2D eigenvalue weighted by Crippen LogP contribution is 2.40. The first-order valence-corrected chi connectivity index (χ1v) is 8.63. The lowest BCUT2D eigenvalue weighted by molar-refractivity contribution is 0.0702. The first-order chi connectivity index (χ1) is 11.3. The van der Waals surface area contributed by atoms with Crippen LogP contribution in [0.25, 0.3) is 0 Å². The van der Waals surface area contributed by atoms with Crippen LogP contribution in [0.1, 0.15) is 34.1 Å². The lowest BCUT2D eigenvalue weighted by Gasteiger charge is -2.32. The van der Waals surface area contributed by atoms with Gasteiger partial charge in [0.25, 0.3) is 5.91 Å². The van der Waals surface area contributed by atoms with Gasteiger partial charge in [-0.1, -0.05) is 0 Å². The van der Waals surface area contributed by atoms with Gasteiger partial charge in [-0.15, -0.1) is 11.3 Å². The van der Waals surface area contributed by atoms with E-state index in [0.29, 0.717) is 36.1 Å². The van der Waals surface area contributed by atoms with Gasteiger partial charge in [0, 0.05) is 36.3 Å². The van der Waals surface area contributed by atoms with Gasteiger partial charge in [0.1, 0.15) is 24.4 Å². The molecular formula is C16H17N3O3S. The van der Waals surface area contributed by atoms with Crippen molar-refractivity contribution >= 4 is 17.2 Å². The van der Waals surface area contributed by atoms with Gasteiger partial charge in [-0.2, -0.15) is 0 Å². The number of thiophene rings is 1. The van der Waals surface area contributed by atoms with E-state index in [0.717, 1.165) is 25.1 Å².